The number of methoxy groups -OCH3 is 2. The predicted octanol–water partition coefficient (Wildman–Crippen LogP) is 4.85. The van der Waals surface area contributed by atoms with Crippen LogP contribution in [0.15, 0.2) is 35.9 Å². The third-order valence-corrected chi connectivity index (χ3v) is 4.92. The number of nitrogens with one attached hydrogen (secondary N) is 1. The van der Waals surface area contributed by atoms with Crippen molar-refractivity contribution in [3.05, 3.63) is 47.0 Å². The zero-order chi connectivity index (χ0) is 22.4. The van der Waals surface area contributed by atoms with Crippen LogP contribution in [-0.4, -0.2) is 32.7 Å². The molecule has 2 aromatic rings. The maximum absolute atomic E-state index is 13.0. The normalized spacial score (nSPS) is 12.5. The average molecular weight is 425 g/mol. The van der Waals surface area contributed by atoms with Crippen molar-refractivity contribution in [1.82, 2.24) is 0 Å². The van der Waals surface area contributed by atoms with Crippen LogP contribution in [-0.2, 0) is 4.79 Å². The summed E-state index contributed by atoms with van der Waals surface area (Å²) in [5.41, 5.74) is 2.30. The lowest BCUT2D eigenvalue weighted by molar-refractivity contribution is -0.116. The summed E-state index contributed by atoms with van der Waals surface area (Å²) in [6, 6.07) is 8.68. The van der Waals surface area contributed by atoms with E-state index in [1.165, 1.54) is 7.11 Å². The standard InChI is InChI=1S/C24H27NO6/c1-5-6-7-22(26)25-18-11-16(8-9-19(18)28-3)10-15(2)23(27)17-12-20(29-4)24-21(13-17)30-14-31-24/h8-13H,5-7,14H2,1-4H3,(H,25,26). The zero-order valence-electron chi connectivity index (χ0n) is 18.2. The summed E-state index contributed by atoms with van der Waals surface area (Å²) in [4.78, 5) is 25.2. The number of hydrogen-bond acceptors (Lipinski definition) is 6. The van der Waals surface area contributed by atoms with Gasteiger partial charge in [-0.05, 0) is 54.8 Å². The fourth-order valence-electron chi connectivity index (χ4n) is 3.27. The van der Waals surface area contributed by atoms with Gasteiger partial charge in [-0.3, -0.25) is 9.59 Å². The number of benzene rings is 2. The molecule has 31 heavy (non-hydrogen) atoms. The molecule has 3 rings (SSSR count). The molecule has 0 atom stereocenters. The van der Waals surface area contributed by atoms with Gasteiger partial charge in [-0.25, -0.2) is 0 Å². The molecule has 0 aromatic heterocycles. The van der Waals surface area contributed by atoms with Crippen molar-refractivity contribution >= 4 is 23.5 Å². The second-order valence-corrected chi connectivity index (χ2v) is 7.18. The first-order chi connectivity index (χ1) is 15.0. The number of allylic oxidation sites excluding steroid dienone is 1. The van der Waals surface area contributed by atoms with Gasteiger partial charge < -0.3 is 24.3 Å². The van der Waals surface area contributed by atoms with Crippen LogP contribution in [0.2, 0.25) is 0 Å². The van der Waals surface area contributed by atoms with Gasteiger partial charge in [0.05, 0.1) is 19.9 Å². The van der Waals surface area contributed by atoms with Crippen molar-refractivity contribution in [2.45, 2.75) is 33.1 Å². The molecule has 7 heteroatoms. The van der Waals surface area contributed by atoms with Crippen molar-refractivity contribution in [1.29, 1.82) is 0 Å². The number of carbonyl (C=O) groups excluding carboxylic acids is 2. The molecule has 0 fully saturated rings. The first kappa shape index (κ1) is 22.2. The summed E-state index contributed by atoms with van der Waals surface area (Å²) in [5, 5.41) is 2.89. The Morgan fingerprint density at radius 1 is 1.10 bits per heavy atom. The topological polar surface area (TPSA) is 83.1 Å². The van der Waals surface area contributed by atoms with Crippen molar-refractivity contribution in [2.24, 2.45) is 0 Å². The molecule has 2 aromatic carbocycles. The Kier molecular flexibility index (Phi) is 7.18. The second-order valence-electron chi connectivity index (χ2n) is 7.18. The summed E-state index contributed by atoms with van der Waals surface area (Å²) in [5.74, 6) is 1.76. The third kappa shape index (κ3) is 5.17. The Labute approximate surface area is 181 Å². The molecule has 0 radical (unpaired) electrons. The van der Waals surface area contributed by atoms with Crippen LogP contribution >= 0.6 is 0 Å². The molecular weight excluding hydrogens is 398 g/mol. The van der Waals surface area contributed by atoms with Gasteiger partial charge in [0.15, 0.2) is 17.3 Å². The second kappa shape index (κ2) is 10.0. The molecule has 1 aliphatic rings. The molecule has 164 valence electrons. The van der Waals surface area contributed by atoms with E-state index in [4.69, 9.17) is 18.9 Å². The molecule has 0 saturated carbocycles. The van der Waals surface area contributed by atoms with Crippen LogP contribution in [0.5, 0.6) is 23.0 Å². The lowest BCUT2D eigenvalue weighted by Crippen LogP contribution is -2.12. The maximum Gasteiger partial charge on any atom is 0.231 e. The minimum atomic E-state index is -0.166. The lowest BCUT2D eigenvalue weighted by atomic mass is 10.0. The van der Waals surface area contributed by atoms with Gasteiger partial charge in [-0.1, -0.05) is 19.4 Å². The Balaban J connectivity index is 1.85. The number of ether oxygens (including phenoxy) is 4. The quantitative estimate of drug-likeness (QED) is 0.457. The van der Waals surface area contributed by atoms with Crippen molar-refractivity contribution in [2.75, 3.05) is 26.3 Å². The van der Waals surface area contributed by atoms with E-state index in [2.05, 4.69) is 5.32 Å². The summed E-state index contributed by atoms with van der Waals surface area (Å²) in [6.07, 6.45) is 3.98. The lowest BCUT2D eigenvalue weighted by Gasteiger charge is -2.12. The average Bonchev–Trinajstić information content (AvgIpc) is 3.25. The Morgan fingerprint density at radius 3 is 2.58 bits per heavy atom. The van der Waals surface area contributed by atoms with E-state index in [1.807, 2.05) is 13.0 Å². The maximum atomic E-state index is 13.0. The van der Waals surface area contributed by atoms with E-state index < -0.39 is 0 Å². The van der Waals surface area contributed by atoms with E-state index in [-0.39, 0.29) is 18.5 Å². The van der Waals surface area contributed by atoms with Gasteiger partial charge in [0, 0.05) is 12.0 Å². The third-order valence-electron chi connectivity index (χ3n) is 4.92. The van der Waals surface area contributed by atoms with Gasteiger partial charge in [-0.15, -0.1) is 0 Å². The van der Waals surface area contributed by atoms with Gasteiger partial charge >= 0.3 is 0 Å². The summed E-state index contributed by atoms with van der Waals surface area (Å²) < 4.78 is 21.5. The van der Waals surface area contributed by atoms with Crippen molar-refractivity contribution in [3.8, 4) is 23.0 Å². The molecule has 0 bridgehead atoms. The zero-order valence-corrected chi connectivity index (χ0v) is 18.2. The highest BCUT2D eigenvalue weighted by atomic mass is 16.7. The van der Waals surface area contributed by atoms with Crippen LogP contribution in [0.25, 0.3) is 6.08 Å². The largest absolute Gasteiger partial charge is 0.495 e. The summed E-state index contributed by atoms with van der Waals surface area (Å²) >= 11 is 0. The Morgan fingerprint density at radius 2 is 1.87 bits per heavy atom. The number of amides is 1. The van der Waals surface area contributed by atoms with Crippen molar-refractivity contribution in [3.63, 3.8) is 0 Å². The van der Waals surface area contributed by atoms with Crippen molar-refractivity contribution < 1.29 is 28.5 Å². The highest BCUT2D eigenvalue weighted by Crippen LogP contribution is 2.42. The first-order valence-corrected chi connectivity index (χ1v) is 10.1. The molecule has 0 unspecified atom stereocenters. The molecule has 0 aliphatic carbocycles. The number of fused-ring (bicyclic) bond motifs is 1. The SMILES string of the molecule is CCCCC(=O)Nc1cc(C=C(C)C(=O)c2cc(OC)c3c(c2)OCO3)ccc1OC. The number of carbonyl (C=O) groups is 2. The van der Waals surface area contributed by atoms with Gasteiger partial charge in [0.1, 0.15) is 5.75 Å². The van der Waals surface area contributed by atoms with E-state index in [0.717, 1.165) is 18.4 Å². The predicted molar refractivity (Wildman–Crippen MR) is 118 cm³/mol. The summed E-state index contributed by atoms with van der Waals surface area (Å²) in [6.45, 7) is 3.87. The number of hydrogen-bond donors (Lipinski definition) is 1. The van der Waals surface area contributed by atoms with E-state index in [1.54, 1.807) is 44.4 Å². The number of rotatable bonds is 9. The molecule has 0 saturated heterocycles. The molecule has 1 aliphatic heterocycles. The van der Waals surface area contributed by atoms with Gasteiger partial charge in [0.25, 0.3) is 0 Å². The molecule has 7 nitrogen and oxygen atoms in total. The minimum absolute atomic E-state index is 0.0680. The number of unbranched alkanes of at least 4 members (excludes halogenated alkanes) is 1. The van der Waals surface area contributed by atoms with E-state index in [9.17, 15) is 9.59 Å². The fraction of sp³-hybridized carbons (Fsp3) is 0.333. The van der Waals surface area contributed by atoms with Crippen LogP contribution in [0.1, 0.15) is 49.0 Å². The Bertz CT molecular complexity index is 1010. The number of anilines is 1. The van der Waals surface area contributed by atoms with Crippen LogP contribution in [0, 0.1) is 0 Å². The van der Waals surface area contributed by atoms with Crippen LogP contribution in [0.3, 0.4) is 0 Å². The molecule has 1 amide bonds. The number of ketones is 1. The highest BCUT2D eigenvalue weighted by molar-refractivity contribution is 6.11. The van der Waals surface area contributed by atoms with E-state index in [0.29, 0.717) is 46.2 Å². The molecule has 1 heterocycles. The van der Waals surface area contributed by atoms with Gasteiger partial charge in [-0.2, -0.15) is 0 Å². The molecule has 1 N–H and O–H groups in total. The highest BCUT2D eigenvalue weighted by Gasteiger charge is 2.22. The minimum Gasteiger partial charge on any atom is -0.495 e. The smallest absolute Gasteiger partial charge is 0.231 e. The van der Waals surface area contributed by atoms with Crippen LogP contribution < -0.4 is 24.3 Å². The van der Waals surface area contributed by atoms with Gasteiger partial charge in [0.2, 0.25) is 18.4 Å². The molecular formula is C24H27NO6. The number of Topliss-reactive ketones (excluding diaryl/α,β-unsaturated/α-hetero) is 1. The van der Waals surface area contributed by atoms with Crippen LogP contribution in [0.4, 0.5) is 5.69 Å². The summed E-state index contributed by atoms with van der Waals surface area (Å²) in [7, 11) is 3.07. The van der Waals surface area contributed by atoms with E-state index >= 15 is 0 Å². The fourth-order valence-corrected chi connectivity index (χ4v) is 3.27. The Hall–Kier alpha value is -3.48. The monoisotopic (exact) mass is 425 g/mol. The first-order valence-electron chi connectivity index (χ1n) is 10.1. The molecule has 0 spiro atoms.